The van der Waals surface area contributed by atoms with E-state index in [1.54, 1.807) is 0 Å². The fourth-order valence-corrected chi connectivity index (χ4v) is 12.8. The fraction of sp³-hybridized carbons (Fsp3) is 0.159. The molecule has 0 atom stereocenters. The van der Waals surface area contributed by atoms with E-state index in [0.717, 1.165) is 50.5 Å². The second kappa shape index (κ2) is 13.0. The Kier molecular flexibility index (Phi) is 7.49. The quantitative estimate of drug-likeness (QED) is 0.177. The smallest absolute Gasteiger partial charge is 0.144 e. The highest BCUT2D eigenvalue weighted by molar-refractivity contribution is 6.21. The summed E-state index contributed by atoms with van der Waals surface area (Å²) in [5.74, 6) is 0.867. The minimum Gasteiger partial charge on any atom is -0.455 e. The van der Waals surface area contributed by atoms with Gasteiger partial charge in [-0.15, -0.1) is 0 Å². The summed E-state index contributed by atoms with van der Waals surface area (Å²) in [6.45, 7) is 16.6. The molecule has 4 nitrogen and oxygen atoms in total. The Labute approximate surface area is 390 Å². The summed E-state index contributed by atoms with van der Waals surface area (Å²) >= 11 is 0. The van der Waals surface area contributed by atoms with Gasteiger partial charge in [-0.25, -0.2) is 4.98 Å². The number of hydrogen-bond donors (Lipinski definition) is 0. The van der Waals surface area contributed by atoms with E-state index in [0.29, 0.717) is 0 Å². The van der Waals surface area contributed by atoms with Crippen molar-refractivity contribution in [1.29, 1.82) is 0 Å². The number of furan rings is 2. The molecule has 0 saturated heterocycles. The van der Waals surface area contributed by atoms with Gasteiger partial charge in [0.1, 0.15) is 28.1 Å². The number of anilines is 3. The molecule has 0 radical (unpaired) electrons. The number of pyridine rings is 1. The fourth-order valence-electron chi connectivity index (χ4n) is 12.8. The van der Waals surface area contributed by atoms with E-state index in [9.17, 15) is 0 Å². The van der Waals surface area contributed by atoms with Gasteiger partial charge < -0.3 is 8.83 Å². The molecule has 4 heteroatoms. The number of benzene rings is 8. The van der Waals surface area contributed by atoms with Gasteiger partial charge in [-0.1, -0.05) is 150 Å². The first kappa shape index (κ1) is 38.6. The highest BCUT2D eigenvalue weighted by Crippen LogP contribution is 2.64. The van der Waals surface area contributed by atoms with Gasteiger partial charge in [-0.2, -0.15) is 0 Å². The average Bonchev–Trinajstić information content (AvgIpc) is 4.08. The van der Waals surface area contributed by atoms with E-state index < -0.39 is 0 Å². The van der Waals surface area contributed by atoms with Crippen molar-refractivity contribution in [2.45, 2.75) is 64.7 Å². The molecule has 3 heterocycles. The van der Waals surface area contributed by atoms with Crippen LogP contribution in [0.2, 0.25) is 0 Å². The van der Waals surface area contributed by atoms with Crippen molar-refractivity contribution in [2.24, 2.45) is 0 Å². The molecule has 0 N–H and O–H groups in total. The highest BCUT2D eigenvalue weighted by Gasteiger charge is 2.49. The zero-order valence-electron chi connectivity index (χ0n) is 38.8. The molecule has 14 rings (SSSR count). The molecule has 0 unspecified atom stereocenters. The van der Waals surface area contributed by atoms with E-state index in [1.165, 1.54) is 94.0 Å². The van der Waals surface area contributed by atoms with Gasteiger partial charge >= 0.3 is 0 Å². The van der Waals surface area contributed by atoms with Crippen LogP contribution in [-0.2, 0) is 16.2 Å². The molecule has 0 amide bonds. The molecule has 0 fully saturated rings. The molecule has 0 aliphatic heterocycles. The van der Waals surface area contributed by atoms with Crippen molar-refractivity contribution in [2.75, 3.05) is 4.90 Å². The Morgan fingerprint density at radius 1 is 0.433 bits per heavy atom. The second-order valence-electron chi connectivity index (χ2n) is 20.7. The van der Waals surface area contributed by atoms with Crippen LogP contribution < -0.4 is 4.90 Å². The third-order valence-corrected chi connectivity index (χ3v) is 15.9. The summed E-state index contributed by atoms with van der Waals surface area (Å²) in [5.41, 5.74) is 24.2. The first-order valence-corrected chi connectivity index (χ1v) is 23.6. The van der Waals surface area contributed by atoms with Crippen LogP contribution in [0.4, 0.5) is 17.2 Å². The standard InChI is InChI=1S/C63H48N2O2/c1-35-17-16-18-36(31-35)44-34-48-52(54-42-20-9-12-23-49(42)66-59(44)54)40-28-26-37(32-46(40)61(48,2)3)65(51-25-14-15-30-64-51)38-27-29-41-47(33-38)63(6,7)58-56(41)60-55(43-21-10-13-24-50(43)67-60)53-39-19-8-11-22-45(39)62(4,5)57(53)58/h8-34H,1-7H3. The van der Waals surface area contributed by atoms with Crippen LogP contribution >= 0.6 is 0 Å². The lowest BCUT2D eigenvalue weighted by Crippen LogP contribution is -2.24. The van der Waals surface area contributed by atoms with Crippen molar-refractivity contribution in [3.05, 3.63) is 203 Å². The van der Waals surface area contributed by atoms with E-state index in [4.69, 9.17) is 13.8 Å². The van der Waals surface area contributed by atoms with Crippen LogP contribution in [-0.4, -0.2) is 4.98 Å². The monoisotopic (exact) mass is 864 g/mol. The van der Waals surface area contributed by atoms with E-state index in [1.807, 2.05) is 12.3 Å². The first-order chi connectivity index (χ1) is 32.4. The normalized spacial score (nSPS) is 15.4. The van der Waals surface area contributed by atoms with Gasteiger partial charge in [0.2, 0.25) is 0 Å². The highest BCUT2D eigenvalue weighted by atomic mass is 16.3. The third kappa shape index (κ3) is 4.95. The van der Waals surface area contributed by atoms with Gasteiger partial charge in [-0.3, -0.25) is 4.90 Å². The van der Waals surface area contributed by atoms with Gasteiger partial charge in [0.05, 0.1) is 0 Å². The summed E-state index contributed by atoms with van der Waals surface area (Å²) in [7, 11) is 0. The maximum Gasteiger partial charge on any atom is 0.144 e. The van der Waals surface area contributed by atoms with E-state index >= 15 is 0 Å². The summed E-state index contributed by atoms with van der Waals surface area (Å²) in [6, 6.07) is 57.6. The van der Waals surface area contributed by atoms with Gasteiger partial charge in [-0.05, 0) is 128 Å². The van der Waals surface area contributed by atoms with Crippen LogP contribution in [0, 0.1) is 6.92 Å². The molecule has 3 aromatic heterocycles. The van der Waals surface area contributed by atoms with Crippen LogP contribution in [0.3, 0.4) is 0 Å². The Hall–Kier alpha value is -7.69. The lowest BCUT2D eigenvalue weighted by Gasteiger charge is -2.31. The second-order valence-corrected chi connectivity index (χ2v) is 20.7. The molecular formula is C63H48N2O2. The number of rotatable bonds is 4. The number of para-hydroxylation sites is 2. The molecule has 0 bridgehead atoms. The lowest BCUT2D eigenvalue weighted by atomic mass is 9.72. The molecular weight excluding hydrogens is 817 g/mol. The molecule has 0 spiro atoms. The van der Waals surface area contributed by atoms with Crippen LogP contribution in [0.1, 0.15) is 80.5 Å². The lowest BCUT2D eigenvalue weighted by molar-refractivity contribution is 0.600. The SMILES string of the molecule is Cc1cccc(-c2cc3c(c4c2oc2ccccc24)-c2ccc(N(c4ccc5c(c4)C(C)(C)c4c6c(c7c(oc8ccccc87)c4-5)-c4ccccc4C6(C)C)c4ccccn4)cc2C3(C)C)c1. The molecule has 67 heavy (non-hydrogen) atoms. The number of nitrogens with zero attached hydrogens (tertiary/aromatic N) is 2. The summed E-state index contributed by atoms with van der Waals surface area (Å²) in [6.07, 6.45) is 1.90. The number of aryl methyl sites for hydroxylation is 1. The maximum atomic E-state index is 7.02. The van der Waals surface area contributed by atoms with Gasteiger partial charge in [0.25, 0.3) is 0 Å². The largest absolute Gasteiger partial charge is 0.455 e. The topological polar surface area (TPSA) is 42.4 Å². The zero-order chi connectivity index (χ0) is 45.3. The minimum atomic E-state index is -0.345. The van der Waals surface area contributed by atoms with Crippen molar-refractivity contribution in [3.63, 3.8) is 0 Å². The molecule has 0 saturated carbocycles. The van der Waals surface area contributed by atoms with Crippen LogP contribution in [0.15, 0.2) is 173 Å². The molecule has 3 aliphatic carbocycles. The number of hydrogen-bond acceptors (Lipinski definition) is 4. The zero-order valence-corrected chi connectivity index (χ0v) is 38.8. The van der Waals surface area contributed by atoms with Crippen molar-refractivity contribution in [1.82, 2.24) is 4.98 Å². The molecule has 3 aliphatic rings. The van der Waals surface area contributed by atoms with Crippen LogP contribution in [0.5, 0.6) is 0 Å². The van der Waals surface area contributed by atoms with Crippen molar-refractivity contribution in [3.8, 4) is 44.5 Å². The predicted molar refractivity (Wildman–Crippen MR) is 276 cm³/mol. The molecule has 322 valence electrons. The summed E-state index contributed by atoms with van der Waals surface area (Å²) in [5, 5.41) is 4.72. The minimum absolute atomic E-state index is 0.214. The summed E-state index contributed by atoms with van der Waals surface area (Å²) < 4.78 is 13.8. The Morgan fingerprint density at radius 3 is 1.72 bits per heavy atom. The van der Waals surface area contributed by atoms with Crippen molar-refractivity contribution >= 4 is 61.1 Å². The van der Waals surface area contributed by atoms with E-state index in [2.05, 4.69) is 205 Å². The Balaban J connectivity index is 0.978. The summed E-state index contributed by atoms with van der Waals surface area (Å²) in [4.78, 5) is 7.39. The van der Waals surface area contributed by atoms with Gasteiger partial charge in [0, 0.05) is 66.5 Å². The predicted octanol–water partition coefficient (Wildman–Crippen LogP) is 17.2. The maximum absolute atomic E-state index is 7.02. The Morgan fingerprint density at radius 2 is 1.01 bits per heavy atom. The average molecular weight is 865 g/mol. The van der Waals surface area contributed by atoms with E-state index in [-0.39, 0.29) is 16.2 Å². The third-order valence-electron chi connectivity index (χ3n) is 15.9. The van der Waals surface area contributed by atoms with Gasteiger partial charge in [0.15, 0.2) is 0 Å². The first-order valence-electron chi connectivity index (χ1n) is 23.6. The molecule has 8 aromatic carbocycles. The van der Waals surface area contributed by atoms with Crippen molar-refractivity contribution < 1.29 is 8.83 Å². The Bertz CT molecular complexity index is 3970. The molecule has 11 aromatic rings. The number of aromatic nitrogens is 1. The van der Waals surface area contributed by atoms with Crippen LogP contribution in [0.25, 0.3) is 88.4 Å². The number of fused-ring (bicyclic) bond motifs is 19.